The molecule has 4 nitrogen and oxygen atoms in total. The van der Waals surface area contributed by atoms with Crippen molar-refractivity contribution in [2.75, 3.05) is 6.54 Å². The van der Waals surface area contributed by atoms with Gasteiger partial charge in [0, 0.05) is 13.1 Å². The summed E-state index contributed by atoms with van der Waals surface area (Å²) >= 11 is 3.32. The van der Waals surface area contributed by atoms with Gasteiger partial charge >= 0.3 is 0 Å². The maximum absolute atomic E-state index is 3.94. The molecule has 0 amide bonds. The van der Waals surface area contributed by atoms with Gasteiger partial charge < -0.3 is 5.32 Å². The predicted molar refractivity (Wildman–Crippen MR) is 39.4 cm³/mol. The largest absolute Gasteiger partial charge is 0.309 e. The molecular formula is C5H7BrN4. The Morgan fingerprint density at radius 2 is 2.50 bits per heavy atom. The van der Waals surface area contributed by atoms with Gasteiger partial charge in [-0.1, -0.05) is 5.21 Å². The molecule has 54 valence electrons. The van der Waals surface area contributed by atoms with Gasteiger partial charge in [-0.15, -0.1) is 5.10 Å². The van der Waals surface area contributed by atoms with Gasteiger partial charge in [0.2, 0.25) is 0 Å². The fourth-order valence-corrected chi connectivity index (χ4v) is 1.46. The number of aromatic nitrogens is 3. The molecule has 1 N–H and O–H groups in total. The molecule has 1 aliphatic rings. The summed E-state index contributed by atoms with van der Waals surface area (Å²) in [6, 6.07) is 0. The molecular weight excluding hydrogens is 196 g/mol. The Labute approximate surface area is 66.7 Å². The molecule has 0 spiro atoms. The minimum atomic E-state index is 0.861. The second kappa shape index (κ2) is 2.32. The Balaban J connectivity index is 2.45. The first-order valence-electron chi connectivity index (χ1n) is 3.16. The Morgan fingerprint density at radius 3 is 3.30 bits per heavy atom. The number of rotatable bonds is 0. The van der Waals surface area contributed by atoms with Crippen LogP contribution in [0.5, 0.6) is 0 Å². The number of nitrogens with one attached hydrogen (secondary N) is 1. The topological polar surface area (TPSA) is 42.7 Å². The monoisotopic (exact) mass is 202 g/mol. The van der Waals surface area contributed by atoms with Crippen LogP contribution in [-0.4, -0.2) is 21.5 Å². The Hall–Kier alpha value is -0.420. The van der Waals surface area contributed by atoms with E-state index < -0.39 is 0 Å². The lowest BCUT2D eigenvalue weighted by Gasteiger charge is -2.12. The Bertz CT molecular complexity index is 244. The van der Waals surface area contributed by atoms with Gasteiger partial charge in [-0.05, 0) is 15.9 Å². The molecule has 1 aromatic heterocycles. The van der Waals surface area contributed by atoms with Crippen LogP contribution in [-0.2, 0) is 13.1 Å². The minimum absolute atomic E-state index is 0.861. The summed E-state index contributed by atoms with van der Waals surface area (Å²) < 4.78 is 2.78. The highest BCUT2D eigenvalue weighted by atomic mass is 79.9. The third-order valence-corrected chi connectivity index (χ3v) is 2.20. The van der Waals surface area contributed by atoms with Crippen LogP contribution in [0.3, 0.4) is 0 Å². The number of hydrogen-bond acceptors (Lipinski definition) is 3. The van der Waals surface area contributed by atoms with Crippen LogP contribution in [0.1, 0.15) is 5.69 Å². The summed E-state index contributed by atoms with van der Waals surface area (Å²) in [7, 11) is 0. The van der Waals surface area contributed by atoms with Crippen LogP contribution >= 0.6 is 15.9 Å². The molecule has 0 fully saturated rings. The molecule has 0 saturated heterocycles. The smallest absolute Gasteiger partial charge is 0.152 e. The lowest BCUT2D eigenvalue weighted by molar-refractivity contribution is 0.467. The van der Waals surface area contributed by atoms with E-state index in [9.17, 15) is 0 Å². The third-order valence-electron chi connectivity index (χ3n) is 1.58. The summed E-state index contributed by atoms with van der Waals surface area (Å²) in [5.41, 5.74) is 1.14. The van der Waals surface area contributed by atoms with E-state index in [1.807, 2.05) is 4.68 Å². The maximum atomic E-state index is 3.94. The predicted octanol–water partition coefficient (Wildman–Crippen LogP) is 0.144. The van der Waals surface area contributed by atoms with Gasteiger partial charge in [-0.2, -0.15) is 0 Å². The molecule has 0 aliphatic carbocycles. The Morgan fingerprint density at radius 1 is 1.60 bits per heavy atom. The summed E-state index contributed by atoms with van der Waals surface area (Å²) in [6.07, 6.45) is 0. The number of fused-ring (bicyclic) bond motifs is 1. The summed E-state index contributed by atoms with van der Waals surface area (Å²) in [5, 5.41) is 11.1. The van der Waals surface area contributed by atoms with Crippen LogP contribution in [0.25, 0.3) is 0 Å². The van der Waals surface area contributed by atoms with Crippen molar-refractivity contribution in [1.29, 1.82) is 0 Å². The average molecular weight is 203 g/mol. The van der Waals surface area contributed by atoms with E-state index in [-0.39, 0.29) is 0 Å². The maximum Gasteiger partial charge on any atom is 0.152 e. The number of hydrogen-bond donors (Lipinski definition) is 1. The van der Waals surface area contributed by atoms with Crippen molar-refractivity contribution in [3.8, 4) is 0 Å². The molecule has 0 bridgehead atoms. The zero-order valence-electron chi connectivity index (χ0n) is 5.34. The van der Waals surface area contributed by atoms with Crippen molar-refractivity contribution in [2.45, 2.75) is 13.1 Å². The zero-order valence-corrected chi connectivity index (χ0v) is 6.93. The van der Waals surface area contributed by atoms with Crippen molar-refractivity contribution in [3.05, 3.63) is 10.3 Å². The van der Waals surface area contributed by atoms with Gasteiger partial charge in [0.1, 0.15) is 0 Å². The number of halogens is 1. The molecule has 0 atom stereocenters. The highest BCUT2D eigenvalue weighted by Gasteiger charge is 2.12. The van der Waals surface area contributed by atoms with Gasteiger partial charge in [-0.25, -0.2) is 4.68 Å². The van der Waals surface area contributed by atoms with Crippen molar-refractivity contribution in [1.82, 2.24) is 20.3 Å². The molecule has 0 unspecified atom stereocenters. The van der Waals surface area contributed by atoms with Crippen molar-refractivity contribution in [2.24, 2.45) is 0 Å². The van der Waals surface area contributed by atoms with E-state index >= 15 is 0 Å². The van der Waals surface area contributed by atoms with Crippen molar-refractivity contribution < 1.29 is 0 Å². The van der Waals surface area contributed by atoms with E-state index in [1.165, 1.54) is 0 Å². The SMILES string of the molecule is Brc1nnn2c1CNCC2. The summed E-state index contributed by atoms with van der Waals surface area (Å²) in [4.78, 5) is 0. The highest BCUT2D eigenvalue weighted by Crippen LogP contribution is 2.13. The van der Waals surface area contributed by atoms with Gasteiger partial charge in [-0.3, -0.25) is 0 Å². The normalized spacial score (nSPS) is 16.9. The fourth-order valence-electron chi connectivity index (χ4n) is 1.05. The van der Waals surface area contributed by atoms with E-state index in [1.54, 1.807) is 0 Å². The van der Waals surface area contributed by atoms with E-state index in [0.717, 1.165) is 29.9 Å². The highest BCUT2D eigenvalue weighted by molar-refractivity contribution is 9.10. The first-order valence-corrected chi connectivity index (χ1v) is 3.96. The fraction of sp³-hybridized carbons (Fsp3) is 0.600. The molecule has 10 heavy (non-hydrogen) atoms. The quantitative estimate of drug-likeness (QED) is 0.652. The van der Waals surface area contributed by atoms with Crippen LogP contribution in [0.2, 0.25) is 0 Å². The zero-order chi connectivity index (χ0) is 6.97. The average Bonchev–Trinajstić information content (AvgIpc) is 2.34. The molecule has 2 heterocycles. The minimum Gasteiger partial charge on any atom is -0.309 e. The lowest BCUT2D eigenvalue weighted by atomic mass is 10.4. The van der Waals surface area contributed by atoms with Crippen molar-refractivity contribution >= 4 is 15.9 Å². The van der Waals surface area contributed by atoms with Crippen LogP contribution < -0.4 is 5.32 Å². The standard InChI is InChI=1S/C5H7BrN4/c6-5-4-3-7-1-2-10(4)9-8-5/h7H,1-3H2. The summed E-state index contributed by atoms with van der Waals surface area (Å²) in [5.74, 6) is 0. The third kappa shape index (κ3) is 0.856. The molecule has 0 aromatic carbocycles. The molecule has 0 radical (unpaired) electrons. The van der Waals surface area contributed by atoms with Crippen molar-refractivity contribution in [3.63, 3.8) is 0 Å². The van der Waals surface area contributed by atoms with Gasteiger partial charge in [0.25, 0.3) is 0 Å². The van der Waals surface area contributed by atoms with E-state index in [2.05, 4.69) is 31.6 Å². The Kier molecular flexibility index (Phi) is 1.46. The molecule has 5 heteroatoms. The molecule has 2 rings (SSSR count). The first kappa shape index (κ1) is 6.30. The van der Waals surface area contributed by atoms with Crippen LogP contribution in [0.15, 0.2) is 4.60 Å². The molecule has 0 saturated carbocycles. The number of nitrogens with zero attached hydrogens (tertiary/aromatic N) is 3. The lowest BCUT2D eigenvalue weighted by Crippen LogP contribution is -2.28. The van der Waals surface area contributed by atoms with Crippen LogP contribution in [0.4, 0.5) is 0 Å². The second-order valence-corrected chi connectivity index (χ2v) is 2.98. The van der Waals surface area contributed by atoms with Gasteiger partial charge in [0.15, 0.2) is 4.60 Å². The second-order valence-electron chi connectivity index (χ2n) is 2.23. The molecule has 1 aromatic rings. The van der Waals surface area contributed by atoms with Crippen LogP contribution in [0, 0.1) is 0 Å². The van der Waals surface area contributed by atoms with E-state index in [0.29, 0.717) is 0 Å². The van der Waals surface area contributed by atoms with E-state index in [4.69, 9.17) is 0 Å². The molecule has 1 aliphatic heterocycles. The first-order chi connectivity index (χ1) is 4.88. The summed E-state index contributed by atoms with van der Waals surface area (Å²) in [6.45, 7) is 2.78. The van der Waals surface area contributed by atoms with Gasteiger partial charge in [0.05, 0.1) is 12.2 Å².